The number of hydrogen-bond donors (Lipinski definition) is 1. The number of benzene rings is 2. The molecule has 1 N–H and O–H groups in total. The Bertz CT molecular complexity index is 937. The van der Waals surface area contributed by atoms with Crippen LogP contribution in [-0.2, 0) is 0 Å². The Morgan fingerprint density at radius 3 is 2.68 bits per heavy atom. The first-order chi connectivity index (χ1) is 13.6. The predicted molar refractivity (Wildman–Crippen MR) is 112 cm³/mol. The Morgan fingerprint density at radius 2 is 1.93 bits per heavy atom. The van der Waals surface area contributed by atoms with E-state index in [-0.39, 0.29) is 11.8 Å². The highest BCUT2D eigenvalue weighted by Gasteiger charge is 2.52. The molecule has 3 aliphatic rings. The van der Waals surface area contributed by atoms with Crippen LogP contribution in [-0.4, -0.2) is 36.1 Å². The van der Waals surface area contributed by atoms with E-state index >= 15 is 0 Å². The van der Waals surface area contributed by atoms with Crippen LogP contribution in [0.5, 0.6) is 5.75 Å². The molecule has 0 saturated carbocycles. The van der Waals surface area contributed by atoms with Crippen LogP contribution in [0.4, 0.5) is 0 Å². The summed E-state index contributed by atoms with van der Waals surface area (Å²) in [5, 5.41) is 8.48. The molecule has 3 aliphatic heterocycles. The molecule has 2 aromatic carbocycles. The zero-order chi connectivity index (χ0) is 19.3. The van der Waals surface area contributed by atoms with Gasteiger partial charge in [0, 0.05) is 12.0 Å². The average molecular weight is 417 g/mol. The van der Waals surface area contributed by atoms with E-state index in [1.807, 2.05) is 18.2 Å². The molecule has 28 heavy (non-hydrogen) atoms. The van der Waals surface area contributed by atoms with Crippen LogP contribution in [0.1, 0.15) is 43.4 Å². The van der Waals surface area contributed by atoms with Crippen molar-refractivity contribution in [2.75, 3.05) is 19.6 Å². The lowest BCUT2D eigenvalue weighted by Crippen LogP contribution is -3.13. The molecule has 0 radical (unpaired) electrons. The van der Waals surface area contributed by atoms with Gasteiger partial charge in [0.25, 0.3) is 0 Å². The summed E-state index contributed by atoms with van der Waals surface area (Å²) in [5.74, 6) is 1.01. The van der Waals surface area contributed by atoms with Gasteiger partial charge in [0.15, 0.2) is 0 Å². The first-order valence-corrected chi connectivity index (χ1v) is 10.8. The van der Waals surface area contributed by atoms with Gasteiger partial charge in [-0.05, 0) is 30.7 Å². The molecule has 1 saturated heterocycles. The second-order valence-corrected chi connectivity index (χ2v) is 8.74. The predicted octanol–water partition coefficient (Wildman–Crippen LogP) is 3.93. The van der Waals surface area contributed by atoms with E-state index in [4.69, 9.17) is 33.0 Å². The lowest BCUT2D eigenvalue weighted by Gasteiger charge is -2.50. The molecule has 3 heterocycles. The summed E-state index contributed by atoms with van der Waals surface area (Å²) in [5.41, 5.74) is 2.95. The number of ether oxygens (including phenoxy) is 1. The second kappa shape index (κ2) is 6.94. The monoisotopic (exact) mass is 416 g/mol. The van der Waals surface area contributed by atoms with Gasteiger partial charge in [-0.3, -0.25) is 0 Å². The number of hydrogen-bond acceptors (Lipinski definition) is 3. The van der Waals surface area contributed by atoms with Crippen LogP contribution < -0.4 is 9.64 Å². The number of piperidine rings is 1. The van der Waals surface area contributed by atoms with Crippen molar-refractivity contribution < 1.29 is 9.64 Å². The number of likely N-dealkylation sites (tertiary alicyclic amines) is 1. The Labute approximate surface area is 175 Å². The Hall–Kier alpha value is -1.75. The fourth-order valence-corrected chi connectivity index (χ4v) is 5.06. The minimum atomic E-state index is -0.352. The number of rotatable bonds is 2. The van der Waals surface area contributed by atoms with Gasteiger partial charge in [-0.25, -0.2) is 5.01 Å². The molecule has 4 nitrogen and oxygen atoms in total. The topological polar surface area (TPSA) is 29.3 Å². The molecule has 0 amide bonds. The number of halogens is 2. The number of nitrogens with one attached hydrogen (secondary N) is 1. The lowest BCUT2D eigenvalue weighted by atomic mass is 9.91. The third-order valence-electron chi connectivity index (χ3n) is 6.40. The molecular formula is C22H24Cl2N3O+. The third-order valence-corrected chi connectivity index (χ3v) is 7.14. The lowest BCUT2D eigenvalue weighted by molar-refractivity contribution is -0.906. The highest BCUT2D eigenvalue weighted by Crippen LogP contribution is 2.49. The van der Waals surface area contributed by atoms with Gasteiger partial charge in [0.05, 0.1) is 54.3 Å². The maximum Gasteiger partial charge on any atom is 0.208 e. The fraction of sp³-hybridized carbons (Fsp3) is 0.409. The molecule has 0 aromatic heterocycles. The average Bonchev–Trinajstić information content (AvgIpc) is 3.18. The summed E-state index contributed by atoms with van der Waals surface area (Å²) >= 11 is 12.4. The van der Waals surface area contributed by atoms with Crippen LogP contribution in [0.25, 0.3) is 0 Å². The van der Waals surface area contributed by atoms with Gasteiger partial charge in [-0.15, -0.1) is 0 Å². The van der Waals surface area contributed by atoms with Gasteiger partial charge < -0.3 is 9.64 Å². The highest BCUT2D eigenvalue weighted by molar-refractivity contribution is 6.42. The molecular weight excluding hydrogens is 393 g/mol. The van der Waals surface area contributed by atoms with Crippen LogP contribution in [0.15, 0.2) is 47.6 Å². The molecule has 5 rings (SSSR count). The normalized spacial score (nSPS) is 28.5. The van der Waals surface area contributed by atoms with E-state index in [1.165, 1.54) is 5.56 Å². The maximum atomic E-state index is 6.65. The summed E-state index contributed by atoms with van der Waals surface area (Å²) < 4.78 is 6.65. The molecule has 0 bridgehead atoms. The first kappa shape index (κ1) is 18.3. The third kappa shape index (κ3) is 2.90. The van der Waals surface area contributed by atoms with Crippen molar-refractivity contribution in [2.45, 2.75) is 38.0 Å². The fourth-order valence-electron chi connectivity index (χ4n) is 4.76. The number of para-hydroxylation sites is 1. The summed E-state index contributed by atoms with van der Waals surface area (Å²) in [7, 11) is 0. The van der Waals surface area contributed by atoms with Crippen LogP contribution in [0.2, 0.25) is 10.0 Å². The van der Waals surface area contributed by atoms with Gasteiger partial charge in [0.1, 0.15) is 5.75 Å². The zero-order valence-electron chi connectivity index (χ0n) is 15.9. The molecule has 1 fully saturated rings. The number of nitrogens with zero attached hydrogens (tertiary/aromatic N) is 2. The van der Waals surface area contributed by atoms with E-state index in [1.54, 1.807) is 4.90 Å². The first-order valence-electron chi connectivity index (χ1n) is 10.0. The van der Waals surface area contributed by atoms with Gasteiger partial charge in [0.2, 0.25) is 5.72 Å². The largest absolute Gasteiger partial charge is 0.466 e. The van der Waals surface area contributed by atoms with E-state index < -0.39 is 0 Å². The van der Waals surface area contributed by atoms with Gasteiger partial charge in [-0.2, -0.15) is 5.10 Å². The quantitative estimate of drug-likeness (QED) is 0.803. The second-order valence-electron chi connectivity index (χ2n) is 7.93. The maximum absolute atomic E-state index is 6.65. The van der Waals surface area contributed by atoms with Crippen molar-refractivity contribution >= 4 is 28.9 Å². The summed E-state index contributed by atoms with van der Waals surface area (Å²) in [6, 6.07) is 14.4. The number of hydrazone groups is 1. The van der Waals surface area contributed by atoms with E-state index in [9.17, 15) is 0 Å². The number of quaternary nitrogens is 1. The SMILES string of the molecule is CC[NH+]1CCC2(CC1)Oc1ccccc1[C@H]1CC(c3ccc(Cl)c(Cl)c3)=NN12. The Morgan fingerprint density at radius 1 is 1.14 bits per heavy atom. The highest BCUT2D eigenvalue weighted by atomic mass is 35.5. The van der Waals surface area contributed by atoms with E-state index in [2.05, 4.69) is 36.2 Å². The molecule has 6 heteroatoms. The zero-order valence-corrected chi connectivity index (χ0v) is 17.4. The van der Waals surface area contributed by atoms with Crippen molar-refractivity contribution in [3.05, 3.63) is 63.6 Å². The smallest absolute Gasteiger partial charge is 0.208 e. The van der Waals surface area contributed by atoms with Gasteiger partial charge >= 0.3 is 0 Å². The summed E-state index contributed by atoms with van der Waals surface area (Å²) in [4.78, 5) is 1.64. The van der Waals surface area contributed by atoms with E-state index in [0.717, 1.165) is 55.9 Å². The van der Waals surface area contributed by atoms with Gasteiger partial charge in [-0.1, -0.05) is 47.5 Å². The molecule has 2 aromatic rings. The summed E-state index contributed by atoms with van der Waals surface area (Å²) in [6.45, 7) is 5.64. The minimum absolute atomic E-state index is 0.206. The Balaban J connectivity index is 1.55. The van der Waals surface area contributed by atoms with Crippen LogP contribution in [0.3, 0.4) is 0 Å². The van der Waals surface area contributed by atoms with E-state index in [0.29, 0.717) is 10.0 Å². The van der Waals surface area contributed by atoms with Crippen molar-refractivity contribution in [1.29, 1.82) is 0 Å². The van der Waals surface area contributed by atoms with Crippen LogP contribution in [0, 0.1) is 0 Å². The molecule has 1 atom stereocenters. The standard InChI is InChI=1S/C22H23Cl2N3O/c1-2-26-11-9-22(10-12-26)27-20(16-5-3-4-6-21(16)28-22)14-19(25-27)15-7-8-17(23)18(24)13-15/h3-8,13,20H,2,9-12,14H2,1H3/p+1/t20-/m1/s1. The Kier molecular flexibility index (Phi) is 4.53. The van der Waals surface area contributed by atoms with Crippen molar-refractivity contribution in [3.8, 4) is 5.75 Å². The summed E-state index contributed by atoms with van der Waals surface area (Å²) in [6.07, 6.45) is 2.82. The molecule has 1 spiro atoms. The van der Waals surface area contributed by atoms with Crippen molar-refractivity contribution in [3.63, 3.8) is 0 Å². The molecule has 0 unspecified atom stereocenters. The van der Waals surface area contributed by atoms with Crippen LogP contribution >= 0.6 is 23.2 Å². The minimum Gasteiger partial charge on any atom is -0.466 e. The number of fused-ring (bicyclic) bond motifs is 4. The van der Waals surface area contributed by atoms with Crippen molar-refractivity contribution in [1.82, 2.24) is 5.01 Å². The molecule has 0 aliphatic carbocycles. The molecule has 146 valence electrons. The van der Waals surface area contributed by atoms with Crippen molar-refractivity contribution in [2.24, 2.45) is 5.10 Å².